The molecule has 3 rings (SSSR count). The molecular weight excluding hydrogens is 432 g/mol. The van der Waals surface area contributed by atoms with Gasteiger partial charge in [0.15, 0.2) is 0 Å². The largest absolute Gasteiger partial charge is 0.348 e. The number of rotatable bonds is 8. The number of nitrogens with zero attached hydrogens (tertiary/aromatic N) is 1. The van der Waals surface area contributed by atoms with Gasteiger partial charge in [-0.3, -0.25) is 9.10 Å². The molecule has 33 heavy (non-hydrogen) atoms. The molecule has 3 aromatic rings. The molecule has 0 aromatic heterocycles. The molecular formula is C27H32N2O3S. The van der Waals surface area contributed by atoms with E-state index in [-0.39, 0.29) is 23.4 Å². The molecule has 0 heterocycles. The van der Waals surface area contributed by atoms with Crippen LogP contribution >= 0.6 is 0 Å². The third-order valence-electron chi connectivity index (χ3n) is 5.66. The highest BCUT2D eigenvalue weighted by atomic mass is 32.2. The molecule has 0 aliphatic heterocycles. The summed E-state index contributed by atoms with van der Waals surface area (Å²) in [6.07, 6.45) is 0.947. The molecule has 0 unspecified atom stereocenters. The van der Waals surface area contributed by atoms with Crippen molar-refractivity contribution in [2.45, 2.75) is 52.0 Å². The number of carbonyl (C=O) groups is 1. The lowest BCUT2D eigenvalue weighted by molar-refractivity contribution is -0.120. The first-order valence-corrected chi connectivity index (χ1v) is 12.6. The Labute approximate surface area is 197 Å². The molecule has 0 fully saturated rings. The van der Waals surface area contributed by atoms with E-state index in [9.17, 15) is 13.2 Å². The van der Waals surface area contributed by atoms with Crippen molar-refractivity contribution in [1.29, 1.82) is 0 Å². The van der Waals surface area contributed by atoms with Crippen molar-refractivity contribution in [2.24, 2.45) is 0 Å². The Bertz CT molecular complexity index is 1200. The minimum absolute atomic E-state index is 0.156. The van der Waals surface area contributed by atoms with Gasteiger partial charge >= 0.3 is 0 Å². The standard InChI is InChI=1S/C27H32N2O3S/c1-6-23-9-11-24(12-10-23)22(5)28-27(30)18-29(25-16-20(3)15-21(4)17-25)33(31,32)26-13-7-19(2)8-14-26/h7-17,22H,6,18H2,1-5H3,(H,28,30)/t22-/m1/s1. The van der Waals surface area contributed by atoms with E-state index in [0.717, 1.165) is 28.7 Å². The number of hydrogen-bond donors (Lipinski definition) is 1. The van der Waals surface area contributed by atoms with Gasteiger partial charge in [-0.05, 0) is 80.6 Å². The van der Waals surface area contributed by atoms with E-state index >= 15 is 0 Å². The van der Waals surface area contributed by atoms with Crippen LogP contribution in [0.25, 0.3) is 0 Å². The van der Waals surface area contributed by atoms with Gasteiger partial charge in [-0.1, -0.05) is 55.0 Å². The van der Waals surface area contributed by atoms with Crippen molar-refractivity contribution >= 4 is 21.6 Å². The SMILES string of the molecule is CCc1ccc([C@@H](C)NC(=O)CN(c2cc(C)cc(C)c2)S(=O)(=O)c2ccc(C)cc2)cc1. The summed E-state index contributed by atoms with van der Waals surface area (Å²) in [5.74, 6) is -0.364. The summed E-state index contributed by atoms with van der Waals surface area (Å²) in [5.41, 5.74) is 5.50. The van der Waals surface area contributed by atoms with Crippen molar-refractivity contribution < 1.29 is 13.2 Å². The molecule has 1 amide bonds. The molecule has 0 spiro atoms. The van der Waals surface area contributed by atoms with E-state index in [1.807, 2.05) is 58.0 Å². The second-order valence-corrected chi connectivity index (χ2v) is 10.4. The summed E-state index contributed by atoms with van der Waals surface area (Å²) in [4.78, 5) is 13.2. The predicted molar refractivity (Wildman–Crippen MR) is 134 cm³/mol. The van der Waals surface area contributed by atoms with Gasteiger partial charge in [0, 0.05) is 0 Å². The lowest BCUT2D eigenvalue weighted by atomic mass is 10.1. The smallest absolute Gasteiger partial charge is 0.264 e. The lowest BCUT2D eigenvalue weighted by Crippen LogP contribution is -2.41. The summed E-state index contributed by atoms with van der Waals surface area (Å²) >= 11 is 0. The van der Waals surface area contributed by atoms with E-state index in [2.05, 4.69) is 12.2 Å². The van der Waals surface area contributed by atoms with Gasteiger partial charge in [-0.15, -0.1) is 0 Å². The molecule has 174 valence electrons. The van der Waals surface area contributed by atoms with E-state index in [1.165, 1.54) is 9.87 Å². The van der Waals surface area contributed by atoms with Crippen LogP contribution in [0, 0.1) is 20.8 Å². The van der Waals surface area contributed by atoms with Gasteiger partial charge in [0.2, 0.25) is 5.91 Å². The van der Waals surface area contributed by atoms with Crippen LogP contribution in [0.4, 0.5) is 5.69 Å². The van der Waals surface area contributed by atoms with Gasteiger partial charge in [-0.25, -0.2) is 8.42 Å². The first kappa shape index (κ1) is 24.5. The zero-order valence-corrected chi connectivity index (χ0v) is 20.7. The number of hydrogen-bond acceptors (Lipinski definition) is 3. The van der Waals surface area contributed by atoms with E-state index in [4.69, 9.17) is 0 Å². The highest BCUT2D eigenvalue weighted by molar-refractivity contribution is 7.92. The van der Waals surface area contributed by atoms with Gasteiger partial charge in [0.05, 0.1) is 16.6 Å². The maximum atomic E-state index is 13.6. The zero-order valence-electron chi connectivity index (χ0n) is 19.9. The normalized spacial score (nSPS) is 12.3. The Kier molecular flexibility index (Phi) is 7.59. The van der Waals surface area contributed by atoms with Crippen LogP contribution in [0.1, 0.15) is 47.7 Å². The van der Waals surface area contributed by atoms with Gasteiger partial charge in [0.1, 0.15) is 6.54 Å². The fourth-order valence-corrected chi connectivity index (χ4v) is 5.19. The van der Waals surface area contributed by atoms with Crippen LogP contribution in [0.5, 0.6) is 0 Å². The first-order chi connectivity index (χ1) is 15.6. The topological polar surface area (TPSA) is 66.5 Å². The molecule has 3 aromatic carbocycles. The molecule has 0 aliphatic rings. The number of sulfonamides is 1. The fraction of sp³-hybridized carbons (Fsp3) is 0.296. The number of amides is 1. The third-order valence-corrected chi connectivity index (χ3v) is 7.44. The molecule has 0 bridgehead atoms. The monoisotopic (exact) mass is 464 g/mol. The van der Waals surface area contributed by atoms with Crippen LogP contribution in [0.3, 0.4) is 0 Å². The first-order valence-electron chi connectivity index (χ1n) is 11.2. The van der Waals surface area contributed by atoms with Crippen molar-refractivity contribution in [2.75, 3.05) is 10.8 Å². The van der Waals surface area contributed by atoms with Gasteiger partial charge in [-0.2, -0.15) is 0 Å². The second kappa shape index (κ2) is 10.2. The van der Waals surface area contributed by atoms with Crippen molar-refractivity contribution in [3.05, 3.63) is 94.5 Å². The van der Waals surface area contributed by atoms with Gasteiger partial charge < -0.3 is 5.32 Å². The molecule has 5 nitrogen and oxygen atoms in total. The highest BCUT2D eigenvalue weighted by Gasteiger charge is 2.28. The van der Waals surface area contributed by atoms with E-state index < -0.39 is 10.0 Å². The van der Waals surface area contributed by atoms with E-state index in [0.29, 0.717) is 5.69 Å². The van der Waals surface area contributed by atoms with Crippen LogP contribution in [0.15, 0.2) is 71.6 Å². The summed E-state index contributed by atoms with van der Waals surface area (Å²) in [7, 11) is -3.94. The number of nitrogens with one attached hydrogen (secondary N) is 1. The van der Waals surface area contributed by atoms with E-state index in [1.54, 1.807) is 36.4 Å². The second-order valence-electron chi connectivity index (χ2n) is 8.55. The molecule has 6 heteroatoms. The fourth-order valence-electron chi connectivity index (χ4n) is 3.79. The number of benzene rings is 3. The maximum Gasteiger partial charge on any atom is 0.264 e. The van der Waals surface area contributed by atoms with Crippen LogP contribution in [-0.4, -0.2) is 20.9 Å². The highest BCUT2D eigenvalue weighted by Crippen LogP contribution is 2.26. The molecule has 0 aliphatic carbocycles. The zero-order chi connectivity index (χ0) is 24.2. The molecule has 0 saturated carbocycles. The van der Waals surface area contributed by atoms with Crippen LogP contribution in [0.2, 0.25) is 0 Å². The number of aryl methyl sites for hydroxylation is 4. The van der Waals surface area contributed by atoms with Gasteiger partial charge in [0.25, 0.3) is 10.0 Å². The average Bonchev–Trinajstić information content (AvgIpc) is 2.77. The maximum absolute atomic E-state index is 13.6. The molecule has 0 radical (unpaired) electrons. The van der Waals surface area contributed by atoms with Crippen molar-refractivity contribution in [3.8, 4) is 0 Å². The third kappa shape index (κ3) is 6.02. The Hall–Kier alpha value is -3.12. The van der Waals surface area contributed by atoms with Crippen LogP contribution < -0.4 is 9.62 Å². The molecule has 1 N–H and O–H groups in total. The minimum Gasteiger partial charge on any atom is -0.348 e. The minimum atomic E-state index is -3.94. The van der Waals surface area contributed by atoms with Crippen molar-refractivity contribution in [1.82, 2.24) is 5.32 Å². The summed E-state index contributed by atoms with van der Waals surface area (Å²) < 4.78 is 28.3. The quantitative estimate of drug-likeness (QED) is 0.495. The van der Waals surface area contributed by atoms with Crippen molar-refractivity contribution in [3.63, 3.8) is 0 Å². The Balaban J connectivity index is 1.90. The van der Waals surface area contributed by atoms with Crippen LogP contribution in [-0.2, 0) is 21.2 Å². The Morgan fingerprint density at radius 2 is 1.45 bits per heavy atom. The summed E-state index contributed by atoms with van der Waals surface area (Å²) in [5, 5.41) is 2.95. The summed E-state index contributed by atoms with van der Waals surface area (Å²) in [6.45, 7) is 9.41. The Morgan fingerprint density at radius 1 is 0.879 bits per heavy atom. The number of anilines is 1. The summed E-state index contributed by atoms with van der Waals surface area (Å²) in [6, 6.07) is 20.1. The molecule has 0 saturated heterocycles. The lowest BCUT2D eigenvalue weighted by Gasteiger charge is -2.26. The Morgan fingerprint density at radius 3 is 2.00 bits per heavy atom. The predicted octanol–water partition coefficient (Wildman–Crippen LogP) is 5.25. The number of carbonyl (C=O) groups excluding carboxylic acids is 1. The average molecular weight is 465 g/mol. The molecule has 1 atom stereocenters.